The number of imide groups is 1. The van der Waals surface area contributed by atoms with Crippen LogP contribution in [0.3, 0.4) is 0 Å². The zero-order chi connectivity index (χ0) is 36.3. The van der Waals surface area contributed by atoms with E-state index in [1.165, 1.54) is 4.57 Å². The van der Waals surface area contributed by atoms with Gasteiger partial charge in [0.05, 0.1) is 52.4 Å². The van der Waals surface area contributed by atoms with Crippen molar-refractivity contribution in [3.8, 4) is 0 Å². The Morgan fingerprint density at radius 1 is 0.642 bits per heavy atom. The van der Waals surface area contributed by atoms with E-state index in [1.54, 1.807) is 4.57 Å². The fourth-order valence-electron chi connectivity index (χ4n) is 8.54. The van der Waals surface area contributed by atoms with Crippen LogP contribution in [-0.2, 0) is 27.4 Å². The highest BCUT2D eigenvalue weighted by atomic mass is 19.2. The van der Waals surface area contributed by atoms with Crippen molar-refractivity contribution in [3.05, 3.63) is 130 Å². The van der Waals surface area contributed by atoms with Gasteiger partial charge in [-0.05, 0) is 23.3 Å². The molecule has 2 bridgehead atoms. The van der Waals surface area contributed by atoms with Gasteiger partial charge < -0.3 is 23.3 Å². The molecule has 2 aromatic heterocycles. The molecule has 8 nitrogen and oxygen atoms in total. The third-order valence-electron chi connectivity index (χ3n) is 10.7. The first-order chi connectivity index (χ1) is 25.7. The van der Waals surface area contributed by atoms with Gasteiger partial charge in [0, 0.05) is 33.7 Å². The Bertz CT molecular complexity index is 2700. The first kappa shape index (κ1) is 32.1. The van der Waals surface area contributed by atoms with Crippen LogP contribution >= 0.6 is 0 Å². The fourth-order valence-corrected chi connectivity index (χ4v) is 8.54. The van der Waals surface area contributed by atoms with Gasteiger partial charge in [-0.2, -0.15) is 0 Å². The summed E-state index contributed by atoms with van der Waals surface area (Å²) in [7, 11) is 0. The summed E-state index contributed by atoms with van der Waals surface area (Å²) in [5.74, 6) is -6.51. The Labute approximate surface area is 296 Å². The van der Waals surface area contributed by atoms with Crippen molar-refractivity contribution in [2.75, 3.05) is 6.67 Å². The molecule has 1 fully saturated rings. The van der Waals surface area contributed by atoms with Crippen LogP contribution in [0.2, 0.25) is 0 Å². The Kier molecular flexibility index (Phi) is 7.07. The maximum atomic E-state index is 15.6. The van der Waals surface area contributed by atoms with Gasteiger partial charge >= 0.3 is 0 Å². The molecule has 5 heterocycles. The van der Waals surface area contributed by atoms with Crippen LogP contribution in [0, 0.1) is 23.3 Å². The maximum absolute atomic E-state index is 15.6. The number of aromatic nitrogens is 2. The molecule has 3 aliphatic rings. The second-order valence-corrected chi connectivity index (χ2v) is 13.5. The van der Waals surface area contributed by atoms with Gasteiger partial charge in [0.1, 0.15) is 25.0 Å². The van der Waals surface area contributed by atoms with E-state index in [0.717, 1.165) is 35.4 Å². The van der Waals surface area contributed by atoms with E-state index >= 15 is 22.0 Å². The summed E-state index contributed by atoms with van der Waals surface area (Å²) in [5, 5.41) is 2.59. The van der Waals surface area contributed by atoms with Crippen molar-refractivity contribution >= 4 is 55.4 Å². The van der Waals surface area contributed by atoms with Gasteiger partial charge in [-0.25, -0.2) is 22.0 Å². The number of rotatable bonds is 7. The SMILES string of the molecule is O=C1NC(=O)c2c1c1c3cc(F)c(F)cc3n3c1c1c2c2cc(F)c(F)cc2n1[C@@H]1OC(CF)[C@@H]3C(OCc2ccccc2)C1OCc1ccccc1. The van der Waals surface area contributed by atoms with Crippen molar-refractivity contribution in [2.45, 2.75) is 43.8 Å². The second kappa shape index (κ2) is 11.7. The minimum Gasteiger partial charge on any atom is -0.368 e. The lowest BCUT2D eigenvalue weighted by Crippen LogP contribution is -2.56. The summed E-state index contributed by atoms with van der Waals surface area (Å²) in [6.07, 6.45) is -4.74. The van der Waals surface area contributed by atoms with Crippen LogP contribution in [-0.4, -0.2) is 45.9 Å². The standard InChI is InChI=1S/C40H26F5N3O5/c41-15-28-33-36(51-16-18-7-3-1-4-8-18)37(52-17-19-9-5-2-6-10-19)40(53-28)48-27-14-25(45)23(43)12-21(27)30-32-31(38(49)46-39(32)50)29-20-11-22(42)24(44)13-26(20)47(33)34(29)35(30)48/h1-14,28,33,36-37,40H,15-17H2,(H,46,49,50)/t28?,33-,36?,37?,40-/m1/s1. The molecule has 1 N–H and O–H groups in total. The minimum absolute atomic E-state index is 0.0277. The van der Waals surface area contributed by atoms with Crippen LogP contribution in [0.5, 0.6) is 0 Å². The van der Waals surface area contributed by atoms with Crippen molar-refractivity contribution < 1.29 is 45.8 Å². The summed E-state index contributed by atoms with van der Waals surface area (Å²) >= 11 is 0. The fraction of sp³-hybridized carbons (Fsp3) is 0.200. The number of carbonyl (C=O) groups excluding carboxylic acids is 2. The Balaban J connectivity index is 1.37. The smallest absolute Gasteiger partial charge is 0.259 e. The number of carbonyl (C=O) groups is 2. The molecular formula is C40H26F5N3O5. The lowest BCUT2D eigenvalue weighted by atomic mass is 9.92. The van der Waals surface area contributed by atoms with Gasteiger partial charge in [0.2, 0.25) is 0 Å². The van der Waals surface area contributed by atoms with E-state index in [2.05, 4.69) is 5.32 Å². The number of ether oxygens (including phenoxy) is 3. The first-order valence-corrected chi connectivity index (χ1v) is 16.9. The monoisotopic (exact) mass is 723 g/mol. The summed E-state index contributed by atoms with van der Waals surface area (Å²) in [6, 6.07) is 21.0. The molecule has 0 aliphatic carbocycles. The molecule has 0 saturated carbocycles. The molecule has 2 amide bonds. The van der Waals surface area contributed by atoms with E-state index in [4.69, 9.17) is 14.2 Å². The van der Waals surface area contributed by atoms with E-state index < -0.39 is 72.3 Å². The van der Waals surface area contributed by atoms with Gasteiger partial charge in [-0.15, -0.1) is 0 Å². The number of benzene rings is 5. The van der Waals surface area contributed by atoms with E-state index in [1.807, 2.05) is 60.7 Å². The largest absolute Gasteiger partial charge is 0.368 e. The number of nitrogens with one attached hydrogen (secondary N) is 1. The molecule has 13 heteroatoms. The van der Waals surface area contributed by atoms with Gasteiger partial charge in [0.15, 0.2) is 29.5 Å². The minimum atomic E-state index is -1.31. The summed E-state index contributed by atoms with van der Waals surface area (Å²) in [5.41, 5.74) is 1.74. The number of nitrogens with zero attached hydrogens (tertiary/aromatic N) is 2. The average molecular weight is 724 g/mol. The van der Waals surface area contributed by atoms with Crippen LogP contribution in [0.15, 0.2) is 84.9 Å². The third kappa shape index (κ3) is 4.50. The average Bonchev–Trinajstić information content (AvgIpc) is 3.75. The molecular weight excluding hydrogens is 697 g/mol. The molecule has 3 aliphatic heterocycles. The van der Waals surface area contributed by atoms with Crippen LogP contribution in [0.4, 0.5) is 22.0 Å². The summed E-state index contributed by atoms with van der Waals surface area (Å²) < 4.78 is 99.7. The number of halogens is 5. The van der Waals surface area contributed by atoms with Gasteiger partial charge in [-0.1, -0.05) is 60.7 Å². The predicted molar refractivity (Wildman–Crippen MR) is 183 cm³/mol. The van der Waals surface area contributed by atoms with Crippen LogP contribution < -0.4 is 5.32 Å². The number of amides is 2. The molecule has 5 atom stereocenters. The van der Waals surface area contributed by atoms with E-state index in [0.29, 0.717) is 0 Å². The molecule has 10 rings (SSSR count). The topological polar surface area (TPSA) is 83.7 Å². The predicted octanol–water partition coefficient (Wildman–Crippen LogP) is 7.93. The number of hydrogen-bond donors (Lipinski definition) is 1. The van der Waals surface area contributed by atoms with Crippen LogP contribution in [0.25, 0.3) is 43.6 Å². The molecule has 7 aromatic rings. The van der Waals surface area contributed by atoms with Crippen molar-refractivity contribution in [1.29, 1.82) is 0 Å². The van der Waals surface area contributed by atoms with Crippen molar-refractivity contribution in [2.24, 2.45) is 0 Å². The maximum Gasteiger partial charge on any atom is 0.259 e. The lowest BCUT2D eigenvalue weighted by molar-refractivity contribution is -0.252. The number of fused-ring (bicyclic) bond motifs is 14. The Morgan fingerprint density at radius 3 is 1.64 bits per heavy atom. The highest BCUT2D eigenvalue weighted by Gasteiger charge is 2.53. The quantitative estimate of drug-likeness (QED) is 0.134. The zero-order valence-corrected chi connectivity index (χ0v) is 27.4. The van der Waals surface area contributed by atoms with Gasteiger partial charge in [-0.3, -0.25) is 14.9 Å². The van der Waals surface area contributed by atoms with Gasteiger partial charge in [0.25, 0.3) is 11.8 Å². The molecule has 0 spiro atoms. The zero-order valence-electron chi connectivity index (χ0n) is 27.4. The highest BCUT2D eigenvalue weighted by molar-refractivity contribution is 6.39. The summed E-state index contributed by atoms with van der Waals surface area (Å²) in [6.45, 7) is -1.02. The molecule has 5 aromatic carbocycles. The van der Waals surface area contributed by atoms with Crippen LogP contribution in [0.1, 0.15) is 44.1 Å². The summed E-state index contributed by atoms with van der Waals surface area (Å²) in [4.78, 5) is 27.3. The van der Waals surface area contributed by atoms with E-state index in [9.17, 15) is 9.59 Å². The molecule has 0 radical (unpaired) electrons. The first-order valence-electron chi connectivity index (χ1n) is 16.9. The van der Waals surface area contributed by atoms with Crippen molar-refractivity contribution in [3.63, 3.8) is 0 Å². The Hall–Kier alpha value is -5.63. The third-order valence-corrected chi connectivity index (χ3v) is 10.7. The molecule has 53 heavy (non-hydrogen) atoms. The molecule has 266 valence electrons. The lowest BCUT2D eigenvalue weighted by Gasteiger charge is -2.48. The van der Waals surface area contributed by atoms with Crippen molar-refractivity contribution in [1.82, 2.24) is 14.5 Å². The normalized spacial score (nSPS) is 22.0. The van der Waals surface area contributed by atoms with E-state index in [-0.39, 0.29) is 68.0 Å². The molecule has 3 unspecified atom stereocenters. The Morgan fingerprint density at radius 2 is 1.11 bits per heavy atom. The molecule has 1 saturated heterocycles. The highest BCUT2D eigenvalue weighted by Crippen LogP contribution is 2.53. The second-order valence-electron chi connectivity index (χ2n) is 13.5. The number of alkyl halides is 1. The number of hydrogen-bond acceptors (Lipinski definition) is 5.